The number of halogens is 2. The number of benzene rings is 2. The average Bonchev–Trinajstić information content (AvgIpc) is 3.06. The molecule has 1 aliphatic rings. The Morgan fingerprint density at radius 1 is 0.875 bits per heavy atom. The summed E-state index contributed by atoms with van der Waals surface area (Å²) in [5.41, 5.74) is 1.59. The highest BCUT2D eigenvalue weighted by Crippen LogP contribution is 2.18. The monoisotopic (exact) mass is 452 g/mol. The van der Waals surface area contributed by atoms with E-state index in [-0.39, 0.29) is 17.6 Å². The van der Waals surface area contributed by atoms with Gasteiger partial charge in [-0.15, -0.1) is 0 Å². The van der Waals surface area contributed by atoms with Crippen LogP contribution in [0, 0.1) is 5.82 Å². The first-order valence-corrected chi connectivity index (χ1v) is 10.7. The Balaban J connectivity index is 1.36. The number of anilines is 2. The number of nitrogens with zero attached hydrogens (tertiary/aromatic N) is 3. The van der Waals surface area contributed by atoms with Gasteiger partial charge in [-0.3, -0.25) is 9.59 Å². The van der Waals surface area contributed by atoms with E-state index in [9.17, 15) is 14.0 Å². The summed E-state index contributed by atoms with van der Waals surface area (Å²) in [5, 5.41) is 3.39. The minimum Gasteiger partial charge on any atom is -0.355 e. The molecule has 0 bridgehead atoms. The van der Waals surface area contributed by atoms with Crippen LogP contribution < -0.4 is 10.2 Å². The second kappa shape index (κ2) is 9.78. The van der Waals surface area contributed by atoms with Crippen LogP contribution in [0.1, 0.15) is 27.1 Å². The van der Waals surface area contributed by atoms with Crippen molar-refractivity contribution in [1.29, 1.82) is 0 Å². The molecule has 2 amide bonds. The summed E-state index contributed by atoms with van der Waals surface area (Å²) >= 11 is 5.86. The fourth-order valence-corrected chi connectivity index (χ4v) is 3.70. The lowest BCUT2D eigenvalue weighted by atomic mass is 10.2. The van der Waals surface area contributed by atoms with Crippen molar-refractivity contribution >= 4 is 34.9 Å². The Hall–Kier alpha value is -3.45. The number of carbonyl (C=O) groups excluding carboxylic acids is 2. The third kappa shape index (κ3) is 5.23. The second-order valence-corrected chi connectivity index (χ2v) is 7.94. The minimum absolute atomic E-state index is 0.0972. The van der Waals surface area contributed by atoms with E-state index in [4.69, 9.17) is 11.6 Å². The largest absolute Gasteiger partial charge is 0.355 e. The number of aromatic nitrogens is 1. The molecule has 4 rings (SSSR count). The van der Waals surface area contributed by atoms with Gasteiger partial charge in [-0.05, 0) is 67.1 Å². The lowest BCUT2D eigenvalue weighted by Crippen LogP contribution is -2.35. The number of carbonyl (C=O) groups is 2. The zero-order chi connectivity index (χ0) is 22.5. The van der Waals surface area contributed by atoms with E-state index in [0.29, 0.717) is 41.5 Å². The van der Waals surface area contributed by atoms with Gasteiger partial charge in [-0.25, -0.2) is 9.37 Å². The van der Waals surface area contributed by atoms with Gasteiger partial charge in [-0.2, -0.15) is 0 Å². The average molecular weight is 453 g/mol. The van der Waals surface area contributed by atoms with Crippen molar-refractivity contribution in [2.24, 2.45) is 0 Å². The second-order valence-electron chi connectivity index (χ2n) is 7.51. The van der Waals surface area contributed by atoms with Crippen molar-refractivity contribution in [3.63, 3.8) is 0 Å². The van der Waals surface area contributed by atoms with E-state index in [1.807, 2.05) is 12.1 Å². The van der Waals surface area contributed by atoms with Crippen LogP contribution >= 0.6 is 11.6 Å². The molecule has 0 spiro atoms. The summed E-state index contributed by atoms with van der Waals surface area (Å²) in [7, 11) is 0. The van der Waals surface area contributed by atoms with Crippen molar-refractivity contribution in [1.82, 2.24) is 9.88 Å². The Morgan fingerprint density at radius 2 is 1.59 bits per heavy atom. The lowest BCUT2D eigenvalue weighted by molar-refractivity contribution is 0.0766. The third-order valence-electron chi connectivity index (χ3n) is 5.31. The highest BCUT2D eigenvalue weighted by molar-refractivity contribution is 6.30. The molecular formula is C24H22ClFN4O2. The van der Waals surface area contributed by atoms with Crippen LogP contribution in [0.2, 0.25) is 5.02 Å². The summed E-state index contributed by atoms with van der Waals surface area (Å²) in [5.74, 6) is 0.0917. The van der Waals surface area contributed by atoms with Gasteiger partial charge in [0.25, 0.3) is 11.8 Å². The summed E-state index contributed by atoms with van der Waals surface area (Å²) < 4.78 is 13.1. The number of amides is 2. The molecule has 8 heteroatoms. The van der Waals surface area contributed by atoms with Gasteiger partial charge >= 0.3 is 0 Å². The van der Waals surface area contributed by atoms with E-state index in [1.165, 1.54) is 24.3 Å². The Bertz CT molecular complexity index is 1090. The molecule has 1 aliphatic heterocycles. The maximum Gasteiger partial charge on any atom is 0.255 e. The minimum atomic E-state index is -0.359. The molecular weight excluding hydrogens is 431 g/mol. The maximum absolute atomic E-state index is 13.1. The van der Waals surface area contributed by atoms with E-state index >= 15 is 0 Å². The Morgan fingerprint density at radius 3 is 2.28 bits per heavy atom. The molecule has 3 aromatic rings. The van der Waals surface area contributed by atoms with Crippen molar-refractivity contribution in [2.45, 2.75) is 6.42 Å². The predicted octanol–water partition coefficient (Wildman–Crippen LogP) is 4.48. The highest BCUT2D eigenvalue weighted by atomic mass is 35.5. The number of hydrogen-bond acceptors (Lipinski definition) is 4. The number of hydrogen-bond donors (Lipinski definition) is 1. The topological polar surface area (TPSA) is 65.5 Å². The van der Waals surface area contributed by atoms with Gasteiger partial charge in [0.1, 0.15) is 11.6 Å². The van der Waals surface area contributed by atoms with Gasteiger partial charge in [0.05, 0.1) is 11.9 Å². The SMILES string of the molecule is O=C(Nc1ccc(N2CCCN(C(=O)c3ccc(F)cc3)CC2)nc1)c1ccc(Cl)cc1. The molecule has 0 radical (unpaired) electrons. The first-order chi connectivity index (χ1) is 15.5. The summed E-state index contributed by atoms with van der Waals surface area (Å²) in [6.07, 6.45) is 2.42. The zero-order valence-corrected chi connectivity index (χ0v) is 18.1. The van der Waals surface area contributed by atoms with Crippen LogP contribution in [-0.4, -0.2) is 47.9 Å². The van der Waals surface area contributed by atoms with Crippen LogP contribution in [0.5, 0.6) is 0 Å². The van der Waals surface area contributed by atoms with E-state index in [1.54, 1.807) is 35.4 Å². The van der Waals surface area contributed by atoms with Gasteiger partial charge in [0.2, 0.25) is 0 Å². The van der Waals surface area contributed by atoms with Gasteiger partial charge in [0.15, 0.2) is 0 Å². The quantitative estimate of drug-likeness (QED) is 0.634. The predicted molar refractivity (Wildman–Crippen MR) is 123 cm³/mol. The number of rotatable bonds is 4. The zero-order valence-electron chi connectivity index (χ0n) is 17.3. The van der Waals surface area contributed by atoms with Gasteiger partial charge in [-0.1, -0.05) is 11.6 Å². The fraction of sp³-hybridized carbons (Fsp3) is 0.208. The smallest absolute Gasteiger partial charge is 0.255 e. The molecule has 2 aromatic carbocycles. The van der Waals surface area contributed by atoms with Crippen LogP contribution in [-0.2, 0) is 0 Å². The van der Waals surface area contributed by atoms with Crippen LogP contribution in [0.15, 0.2) is 66.9 Å². The first kappa shape index (κ1) is 21.8. The number of pyridine rings is 1. The molecule has 0 saturated carbocycles. The van der Waals surface area contributed by atoms with Crippen LogP contribution in [0.3, 0.4) is 0 Å². The molecule has 1 fully saturated rings. The van der Waals surface area contributed by atoms with E-state index in [2.05, 4.69) is 15.2 Å². The molecule has 1 saturated heterocycles. The maximum atomic E-state index is 13.1. The normalized spacial score (nSPS) is 14.1. The van der Waals surface area contributed by atoms with E-state index < -0.39 is 0 Å². The van der Waals surface area contributed by atoms with Crippen molar-refractivity contribution in [3.05, 3.63) is 88.8 Å². The molecule has 2 heterocycles. The summed E-state index contributed by atoms with van der Waals surface area (Å²) in [6, 6.07) is 16.0. The molecule has 0 aliphatic carbocycles. The van der Waals surface area contributed by atoms with E-state index in [0.717, 1.165) is 18.8 Å². The Kier molecular flexibility index (Phi) is 6.66. The fourth-order valence-electron chi connectivity index (χ4n) is 3.58. The van der Waals surface area contributed by atoms with Gasteiger partial charge in [0, 0.05) is 42.3 Å². The van der Waals surface area contributed by atoms with Crippen molar-refractivity contribution in [3.8, 4) is 0 Å². The molecule has 164 valence electrons. The standard InChI is InChI=1S/C24H22ClFN4O2/c25-19-6-2-17(3-7-19)23(31)28-21-10-11-22(27-16-21)29-12-1-13-30(15-14-29)24(32)18-4-8-20(26)9-5-18/h2-11,16H,1,12-15H2,(H,28,31). The van der Waals surface area contributed by atoms with Crippen molar-refractivity contribution < 1.29 is 14.0 Å². The van der Waals surface area contributed by atoms with Crippen LogP contribution in [0.25, 0.3) is 0 Å². The Labute approximate surface area is 190 Å². The summed E-state index contributed by atoms with van der Waals surface area (Å²) in [4.78, 5) is 33.4. The molecule has 0 atom stereocenters. The molecule has 32 heavy (non-hydrogen) atoms. The summed E-state index contributed by atoms with van der Waals surface area (Å²) in [6.45, 7) is 2.57. The molecule has 1 N–H and O–H groups in total. The third-order valence-corrected chi connectivity index (χ3v) is 5.56. The lowest BCUT2D eigenvalue weighted by Gasteiger charge is -2.23. The van der Waals surface area contributed by atoms with Crippen LogP contribution in [0.4, 0.5) is 15.9 Å². The molecule has 1 aromatic heterocycles. The number of nitrogens with one attached hydrogen (secondary N) is 1. The molecule has 0 unspecified atom stereocenters. The highest BCUT2D eigenvalue weighted by Gasteiger charge is 2.21. The van der Waals surface area contributed by atoms with Gasteiger partial charge < -0.3 is 15.1 Å². The van der Waals surface area contributed by atoms with Crippen molar-refractivity contribution in [2.75, 3.05) is 36.4 Å². The first-order valence-electron chi connectivity index (χ1n) is 10.3. The molecule has 6 nitrogen and oxygen atoms in total.